The zero-order valence-corrected chi connectivity index (χ0v) is 18.1. The lowest BCUT2D eigenvalue weighted by molar-refractivity contribution is 0.302. The maximum Gasteiger partial charge on any atom is 0.263 e. The van der Waals surface area contributed by atoms with Gasteiger partial charge in [0, 0.05) is 31.4 Å². The van der Waals surface area contributed by atoms with E-state index in [4.69, 9.17) is 0 Å². The third-order valence-electron chi connectivity index (χ3n) is 5.75. The van der Waals surface area contributed by atoms with Crippen molar-refractivity contribution in [1.29, 1.82) is 0 Å². The van der Waals surface area contributed by atoms with Gasteiger partial charge in [-0.1, -0.05) is 32.1 Å². The quantitative estimate of drug-likeness (QED) is 0.551. The number of likely N-dealkylation sites (N-methyl/N-ethyl adjacent to an activating group) is 1. The Morgan fingerprint density at radius 2 is 2.07 bits per heavy atom. The van der Waals surface area contributed by atoms with E-state index < -0.39 is 0 Å². The molecule has 3 heterocycles. The van der Waals surface area contributed by atoms with Gasteiger partial charge in [-0.25, -0.2) is 0 Å². The van der Waals surface area contributed by atoms with Gasteiger partial charge in [-0.3, -0.25) is 9.20 Å². The maximum atomic E-state index is 13.3. The van der Waals surface area contributed by atoms with Crippen LogP contribution in [0.25, 0.3) is 21.2 Å². The van der Waals surface area contributed by atoms with Crippen molar-refractivity contribution in [2.45, 2.75) is 33.2 Å². The molecule has 3 aromatic rings. The SMILES string of the molecule is CCN(CC)CCNCc1cc(C2=CCCC=C2)c(=O)n2ccc3ccsc3c12. The largest absolute Gasteiger partial charge is 0.311 e. The second-order valence-electron chi connectivity index (χ2n) is 7.47. The molecule has 1 N–H and O–H groups in total. The molecule has 0 amide bonds. The monoisotopic (exact) mass is 407 g/mol. The molecular formula is C24H29N3OS. The summed E-state index contributed by atoms with van der Waals surface area (Å²) in [5.74, 6) is 0. The van der Waals surface area contributed by atoms with Gasteiger partial charge < -0.3 is 10.2 Å². The van der Waals surface area contributed by atoms with E-state index in [1.54, 1.807) is 11.3 Å². The summed E-state index contributed by atoms with van der Waals surface area (Å²) in [6, 6.07) is 6.29. The Morgan fingerprint density at radius 1 is 1.21 bits per heavy atom. The third-order valence-corrected chi connectivity index (χ3v) is 6.68. The molecule has 1 aliphatic rings. The molecule has 4 nitrogen and oxygen atoms in total. The molecule has 0 saturated carbocycles. The minimum absolute atomic E-state index is 0.0694. The van der Waals surface area contributed by atoms with Gasteiger partial charge in [0.05, 0.1) is 10.2 Å². The normalized spacial score (nSPS) is 14.2. The number of nitrogens with zero attached hydrogens (tertiary/aromatic N) is 2. The molecule has 0 aliphatic heterocycles. The van der Waals surface area contributed by atoms with Gasteiger partial charge in [0.25, 0.3) is 5.56 Å². The van der Waals surface area contributed by atoms with Crippen LogP contribution in [0.2, 0.25) is 0 Å². The second-order valence-corrected chi connectivity index (χ2v) is 8.39. The molecule has 0 unspecified atom stereocenters. The van der Waals surface area contributed by atoms with E-state index >= 15 is 0 Å². The first-order valence-corrected chi connectivity index (χ1v) is 11.5. The van der Waals surface area contributed by atoms with Crippen LogP contribution in [-0.4, -0.2) is 35.5 Å². The van der Waals surface area contributed by atoms with E-state index in [0.717, 1.165) is 62.2 Å². The van der Waals surface area contributed by atoms with Crippen LogP contribution in [0.1, 0.15) is 37.8 Å². The molecule has 0 atom stereocenters. The standard InChI is InChI=1S/C24H29N3OS/c1-3-26(4-2)14-12-25-17-20-16-21(18-8-6-5-7-9-18)24(28)27-13-10-19-11-15-29-23(19)22(20)27/h6,8-11,13,15-16,25H,3-5,7,12,14,17H2,1-2H3. The average Bonchev–Trinajstić information content (AvgIpc) is 3.24. The van der Waals surface area contributed by atoms with Crippen molar-refractivity contribution in [1.82, 2.24) is 14.6 Å². The number of hydrogen-bond acceptors (Lipinski definition) is 4. The van der Waals surface area contributed by atoms with Gasteiger partial charge >= 0.3 is 0 Å². The number of pyridine rings is 2. The summed E-state index contributed by atoms with van der Waals surface area (Å²) in [7, 11) is 0. The first-order chi connectivity index (χ1) is 14.2. The zero-order chi connectivity index (χ0) is 20.2. The Morgan fingerprint density at radius 3 is 2.83 bits per heavy atom. The third kappa shape index (κ3) is 4.08. The van der Waals surface area contributed by atoms with E-state index in [2.05, 4.69) is 59.8 Å². The Balaban J connectivity index is 1.74. The van der Waals surface area contributed by atoms with Crippen LogP contribution in [0.15, 0.2) is 52.8 Å². The first-order valence-electron chi connectivity index (χ1n) is 10.6. The van der Waals surface area contributed by atoms with E-state index in [0.29, 0.717) is 0 Å². The number of thiophene rings is 1. The predicted octanol–water partition coefficient (Wildman–Crippen LogP) is 4.68. The smallest absolute Gasteiger partial charge is 0.263 e. The van der Waals surface area contributed by atoms with Crippen molar-refractivity contribution < 1.29 is 0 Å². The molecule has 152 valence electrons. The van der Waals surface area contributed by atoms with E-state index in [1.807, 2.05) is 16.7 Å². The van der Waals surface area contributed by atoms with Crippen molar-refractivity contribution in [3.8, 4) is 0 Å². The molecule has 0 spiro atoms. The fraction of sp³-hybridized carbons (Fsp3) is 0.375. The minimum atomic E-state index is 0.0694. The Hall–Kier alpha value is -2.21. The van der Waals surface area contributed by atoms with Crippen molar-refractivity contribution in [3.63, 3.8) is 0 Å². The molecule has 3 aromatic heterocycles. The lowest BCUT2D eigenvalue weighted by Gasteiger charge is -2.19. The summed E-state index contributed by atoms with van der Waals surface area (Å²) in [5.41, 5.74) is 4.15. The van der Waals surface area contributed by atoms with Gasteiger partial charge in [0.15, 0.2) is 0 Å². The topological polar surface area (TPSA) is 36.8 Å². The van der Waals surface area contributed by atoms with Crippen LogP contribution in [0, 0.1) is 0 Å². The zero-order valence-electron chi connectivity index (χ0n) is 17.3. The molecule has 0 bridgehead atoms. The molecular weight excluding hydrogens is 378 g/mol. The molecule has 29 heavy (non-hydrogen) atoms. The molecule has 4 rings (SSSR count). The van der Waals surface area contributed by atoms with Gasteiger partial charge in [0.1, 0.15) is 0 Å². The Bertz CT molecular complexity index is 1120. The molecule has 0 saturated heterocycles. The summed E-state index contributed by atoms with van der Waals surface area (Å²) in [5, 5.41) is 6.91. The predicted molar refractivity (Wildman–Crippen MR) is 125 cm³/mol. The number of rotatable bonds is 8. The number of hydrogen-bond donors (Lipinski definition) is 1. The van der Waals surface area contributed by atoms with Crippen molar-refractivity contribution >= 4 is 32.5 Å². The highest BCUT2D eigenvalue weighted by molar-refractivity contribution is 7.18. The fourth-order valence-electron chi connectivity index (χ4n) is 4.04. The Labute approximate surface area is 176 Å². The Kier molecular flexibility index (Phi) is 6.28. The lowest BCUT2D eigenvalue weighted by atomic mass is 9.98. The average molecular weight is 408 g/mol. The van der Waals surface area contributed by atoms with E-state index in [1.165, 1.54) is 15.6 Å². The minimum Gasteiger partial charge on any atom is -0.311 e. The number of fused-ring (bicyclic) bond motifs is 3. The first kappa shape index (κ1) is 20.1. The van der Waals surface area contributed by atoms with Crippen LogP contribution < -0.4 is 10.9 Å². The van der Waals surface area contributed by atoms with Gasteiger partial charge in [-0.15, -0.1) is 11.3 Å². The number of nitrogens with one attached hydrogen (secondary N) is 1. The maximum absolute atomic E-state index is 13.3. The lowest BCUT2D eigenvalue weighted by Crippen LogP contribution is -2.32. The van der Waals surface area contributed by atoms with Crippen LogP contribution in [0.4, 0.5) is 0 Å². The summed E-state index contributed by atoms with van der Waals surface area (Å²) in [6.45, 7) is 9.27. The van der Waals surface area contributed by atoms with Crippen molar-refractivity contribution in [3.05, 3.63) is 69.5 Å². The summed E-state index contributed by atoms with van der Waals surface area (Å²) < 4.78 is 3.03. The van der Waals surface area contributed by atoms with Crippen LogP contribution >= 0.6 is 11.3 Å². The molecule has 0 aromatic carbocycles. The molecule has 1 aliphatic carbocycles. The van der Waals surface area contributed by atoms with Gasteiger partial charge in [-0.2, -0.15) is 0 Å². The fourth-order valence-corrected chi connectivity index (χ4v) is 5.00. The van der Waals surface area contributed by atoms with Crippen LogP contribution in [0.5, 0.6) is 0 Å². The van der Waals surface area contributed by atoms with Crippen LogP contribution in [-0.2, 0) is 6.54 Å². The molecule has 5 heteroatoms. The highest BCUT2D eigenvalue weighted by Crippen LogP contribution is 2.29. The van der Waals surface area contributed by atoms with Crippen LogP contribution in [0.3, 0.4) is 0 Å². The van der Waals surface area contributed by atoms with E-state index in [9.17, 15) is 4.79 Å². The van der Waals surface area contributed by atoms with Crippen molar-refractivity contribution in [2.24, 2.45) is 0 Å². The summed E-state index contributed by atoms with van der Waals surface area (Å²) >= 11 is 1.71. The number of aromatic nitrogens is 1. The van der Waals surface area contributed by atoms with Crippen molar-refractivity contribution in [2.75, 3.05) is 26.2 Å². The summed E-state index contributed by atoms with van der Waals surface area (Å²) in [4.78, 5) is 15.7. The van der Waals surface area contributed by atoms with Gasteiger partial charge in [0.2, 0.25) is 0 Å². The van der Waals surface area contributed by atoms with E-state index in [-0.39, 0.29) is 5.56 Å². The number of allylic oxidation sites excluding steroid dienone is 4. The second kappa shape index (κ2) is 9.08. The highest BCUT2D eigenvalue weighted by Gasteiger charge is 2.15. The molecule has 0 radical (unpaired) electrons. The van der Waals surface area contributed by atoms with Gasteiger partial charge in [-0.05, 0) is 66.0 Å². The summed E-state index contributed by atoms with van der Waals surface area (Å²) in [6.07, 6.45) is 10.4. The molecule has 0 fully saturated rings. The highest BCUT2D eigenvalue weighted by atomic mass is 32.1.